The van der Waals surface area contributed by atoms with E-state index in [0.29, 0.717) is 5.75 Å². The Morgan fingerprint density at radius 1 is 1.45 bits per heavy atom. The molecule has 0 aliphatic heterocycles. The van der Waals surface area contributed by atoms with Crippen molar-refractivity contribution in [1.82, 2.24) is 9.78 Å². The van der Waals surface area contributed by atoms with E-state index >= 15 is 0 Å². The SMILES string of the molecule is Cc1ccc(-n2ncc(OC3CCCC3)c2C(=O)O)s1. The fraction of sp³-hybridized carbons (Fsp3) is 0.429. The maximum absolute atomic E-state index is 11.5. The Hall–Kier alpha value is -1.82. The zero-order valence-corrected chi connectivity index (χ0v) is 12.0. The standard InChI is InChI=1S/C14H16N2O3S/c1-9-6-7-12(20-9)16-13(14(17)18)11(8-15-16)19-10-4-2-3-5-10/h6-8,10H,2-5H2,1H3,(H,17,18). The van der Waals surface area contributed by atoms with E-state index < -0.39 is 5.97 Å². The minimum absolute atomic E-state index is 0.110. The van der Waals surface area contributed by atoms with Crippen LogP contribution in [0.3, 0.4) is 0 Å². The van der Waals surface area contributed by atoms with E-state index in [1.165, 1.54) is 22.2 Å². The molecule has 1 fully saturated rings. The highest BCUT2D eigenvalue weighted by atomic mass is 32.1. The number of aryl methyl sites for hydroxylation is 1. The first-order chi connectivity index (χ1) is 9.65. The smallest absolute Gasteiger partial charge is 0.358 e. The van der Waals surface area contributed by atoms with E-state index in [1.807, 2.05) is 19.1 Å². The van der Waals surface area contributed by atoms with Gasteiger partial charge in [-0.05, 0) is 44.7 Å². The molecule has 0 atom stereocenters. The van der Waals surface area contributed by atoms with Crippen LogP contribution >= 0.6 is 11.3 Å². The first-order valence-electron chi connectivity index (χ1n) is 6.70. The first kappa shape index (κ1) is 13.2. The summed E-state index contributed by atoms with van der Waals surface area (Å²) in [6.07, 6.45) is 5.90. The molecule has 106 valence electrons. The summed E-state index contributed by atoms with van der Waals surface area (Å²) >= 11 is 1.51. The van der Waals surface area contributed by atoms with E-state index in [1.54, 1.807) is 0 Å². The fourth-order valence-electron chi connectivity index (χ4n) is 2.50. The highest BCUT2D eigenvalue weighted by molar-refractivity contribution is 7.14. The van der Waals surface area contributed by atoms with Crippen molar-refractivity contribution in [3.8, 4) is 10.8 Å². The van der Waals surface area contributed by atoms with Crippen LogP contribution in [-0.4, -0.2) is 27.0 Å². The summed E-state index contributed by atoms with van der Waals surface area (Å²) in [5.41, 5.74) is 0.110. The van der Waals surface area contributed by atoms with E-state index in [0.717, 1.165) is 35.6 Å². The third-order valence-electron chi connectivity index (χ3n) is 3.47. The van der Waals surface area contributed by atoms with Crippen LogP contribution in [0.1, 0.15) is 41.0 Å². The highest BCUT2D eigenvalue weighted by Gasteiger charge is 2.25. The average Bonchev–Trinajstić information content (AvgIpc) is 3.09. The minimum atomic E-state index is -1.01. The number of hydrogen-bond donors (Lipinski definition) is 1. The summed E-state index contributed by atoms with van der Waals surface area (Å²) in [6.45, 7) is 1.98. The molecule has 0 saturated heterocycles. The molecular weight excluding hydrogens is 276 g/mol. The molecule has 6 heteroatoms. The average molecular weight is 292 g/mol. The van der Waals surface area contributed by atoms with Crippen LogP contribution in [0.2, 0.25) is 0 Å². The van der Waals surface area contributed by atoms with Gasteiger partial charge < -0.3 is 9.84 Å². The van der Waals surface area contributed by atoms with Gasteiger partial charge in [-0.2, -0.15) is 5.10 Å². The molecule has 3 rings (SSSR count). The number of ether oxygens (including phenoxy) is 1. The number of rotatable bonds is 4. The number of aromatic carboxylic acids is 1. The maximum atomic E-state index is 11.5. The first-order valence-corrected chi connectivity index (χ1v) is 7.51. The largest absolute Gasteiger partial charge is 0.486 e. The molecule has 2 heterocycles. The normalized spacial score (nSPS) is 15.7. The summed E-state index contributed by atoms with van der Waals surface area (Å²) in [5, 5.41) is 14.4. The molecule has 0 radical (unpaired) electrons. The second-order valence-electron chi connectivity index (χ2n) is 4.98. The Balaban J connectivity index is 1.95. The molecule has 1 saturated carbocycles. The molecule has 2 aromatic heterocycles. The van der Waals surface area contributed by atoms with Gasteiger partial charge in [-0.3, -0.25) is 0 Å². The highest BCUT2D eigenvalue weighted by Crippen LogP contribution is 2.29. The van der Waals surface area contributed by atoms with Crippen LogP contribution in [0.25, 0.3) is 5.00 Å². The molecule has 2 aromatic rings. The lowest BCUT2D eigenvalue weighted by molar-refractivity contribution is 0.0679. The van der Waals surface area contributed by atoms with Crippen LogP contribution < -0.4 is 4.74 Å². The fourth-order valence-corrected chi connectivity index (χ4v) is 3.33. The molecule has 0 aromatic carbocycles. The van der Waals surface area contributed by atoms with Crippen molar-refractivity contribution in [2.45, 2.75) is 38.7 Å². The topological polar surface area (TPSA) is 64.4 Å². The van der Waals surface area contributed by atoms with Crippen molar-refractivity contribution >= 4 is 17.3 Å². The zero-order valence-electron chi connectivity index (χ0n) is 11.2. The van der Waals surface area contributed by atoms with Crippen molar-refractivity contribution < 1.29 is 14.6 Å². The lowest BCUT2D eigenvalue weighted by Crippen LogP contribution is -2.14. The van der Waals surface area contributed by atoms with Crippen LogP contribution in [0, 0.1) is 6.92 Å². The van der Waals surface area contributed by atoms with Gasteiger partial charge in [-0.1, -0.05) is 0 Å². The number of aromatic nitrogens is 2. The predicted octanol–water partition coefficient (Wildman–Crippen LogP) is 3.26. The second kappa shape index (κ2) is 5.28. The number of carbonyl (C=O) groups is 1. The number of hydrogen-bond acceptors (Lipinski definition) is 4. The Labute approximate surface area is 120 Å². The van der Waals surface area contributed by atoms with Gasteiger partial charge in [0.15, 0.2) is 11.4 Å². The number of carboxylic acid groups (broad SMARTS) is 1. The van der Waals surface area contributed by atoms with Gasteiger partial charge in [-0.25, -0.2) is 9.48 Å². The Morgan fingerprint density at radius 3 is 2.80 bits per heavy atom. The van der Waals surface area contributed by atoms with Crippen molar-refractivity contribution in [2.75, 3.05) is 0 Å². The van der Waals surface area contributed by atoms with Crippen molar-refractivity contribution in [3.05, 3.63) is 28.9 Å². The summed E-state index contributed by atoms with van der Waals surface area (Å²) in [4.78, 5) is 12.6. The summed E-state index contributed by atoms with van der Waals surface area (Å²) in [5.74, 6) is -0.642. The summed E-state index contributed by atoms with van der Waals surface area (Å²) < 4.78 is 7.27. The predicted molar refractivity (Wildman–Crippen MR) is 76.0 cm³/mol. The number of thiophene rings is 1. The van der Waals surface area contributed by atoms with E-state index in [9.17, 15) is 9.90 Å². The van der Waals surface area contributed by atoms with Crippen molar-refractivity contribution in [2.24, 2.45) is 0 Å². The second-order valence-corrected chi connectivity index (χ2v) is 6.25. The van der Waals surface area contributed by atoms with Gasteiger partial charge in [0.2, 0.25) is 0 Å². The van der Waals surface area contributed by atoms with E-state index in [2.05, 4.69) is 5.10 Å². The van der Waals surface area contributed by atoms with Gasteiger partial charge in [0.25, 0.3) is 0 Å². The Kier molecular flexibility index (Phi) is 3.48. The van der Waals surface area contributed by atoms with Crippen LogP contribution in [0.15, 0.2) is 18.3 Å². The molecule has 1 aliphatic rings. The van der Waals surface area contributed by atoms with Gasteiger partial charge in [-0.15, -0.1) is 11.3 Å². The molecule has 1 aliphatic carbocycles. The van der Waals surface area contributed by atoms with Crippen molar-refractivity contribution in [3.63, 3.8) is 0 Å². The summed E-state index contributed by atoms with van der Waals surface area (Å²) in [7, 11) is 0. The van der Waals surface area contributed by atoms with Crippen molar-refractivity contribution in [1.29, 1.82) is 0 Å². The lowest BCUT2D eigenvalue weighted by atomic mass is 10.3. The molecule has 5 nitrogen and oxygen atoms in total. The third kappa shape index (κ3) is 2.43. The zero-order chi connectivity index (χ0) is 14.1. The van der Waals surface area contributed by atoms with Gasteiger partial charge in [0.1, 0.15) is 5.00 Å². The number of nitrogens with zero attached hydrogens (tertiary/aromatic N) is 2. The number of carboxylic acids is 1. The van der Waals surface area contributed by atoms with Crippen LogP contribution in [0.4, 0.5) is 0 Å². The minimum Gasteiger partial charge on any atom is -0.486 e. The third-order valence-corrected chi connectivity index (χ3v) is 4.45. The molecular formula is C14H16N2O3S. The van der Waals surface area contributed by atoms with Crippen LogP contribution in [-0.2, 0) is 0 Å². The Morgan fingerprint density at radius 2 is 2.20 bits per heavy atom. The van der Waals surface area contributed by atoms with E-state index in [-0.39, 0.29) is 11.8 Å². The molecule has 0 bridgehead atoms. The monoisotopic (exact) mass is 292 g/mol. The molecule has 0 spiro atoms. The molecule has 0 amide bonds. The van der Waals surface area contributed by atoms with E-state index in [4.69, 9.17) is 4.74 Å². The summed E-state index contributed by atoms with van der Waals surface area (Å²) in [6, 6.07) is 3.82. The van der Waals surface area contributed by atoms with Gasteiger partial charge in [0, 0.05) is 4.88 Å². The molecule has 1 N–H and O–H groups in total. The van der Waals surface area contributed by atoms with Gasteiger partial charge in [0.05, 0.1) is 12.3 Å². The Bertz CT molecular complexity index is 626. The van der Waals surface area contributed by atoms with Crippen LogP contribution in [0.5, 0.6) is 5.75 Å². The lowest BCUT2D eigenvalue weighted by Gasteiger charge is -2.12. The van der Waals surface area contributed by atoms with Gasteiger partial charge >= 0.3 is 5.97 Å². The molecule has 0 unspecified atom stereocenters. The molecule has 20 heavy (non-hydrogen) atoms. The maximum Gasteiger partial charge on any atom is 0.358 e. The quantitative estimate of drug-likeness (QED) is 0.939.